The Bertz CT molecular complexity index is 1010. The number of aromatic nitrogens is 1. The number of carbonyl (C=O) groups is 1. The molecule has 0 radical (unpaired) electrons. The number of aryl methyl sites for hydroxylation is 3. The van der Waals surface area contributed by atoms with Crippen LogP contribution >= 0.6 is 0 Å². The number of piperidine rings is 1. The Morgan fingerprint density at radius 1 is 1.07 bits per heavy atom. The van der Waals surface area contributed by atoms with Crippen LogP contribution in [0.15, 0.2) is 34.7 Å². The number of carbonyl (C=O) groups excluding carboxylic acids is 1. The molecule has 5 nitrogen and oxygen atoms in total. The van der Waals surface area contributed by atoms with Gasteiger partial charge in [0.15, 0.2) is 5.58 Å². The summed E-state index contributed by atoms with van der Waals surface area (Å²) in [5.74, 6) is 0.832. The zero-order chi connectivity index (χ0) is 20.4. The maximum absolute atomic E-state index is 13.0. The number of hydrogen-bond donors (Lipinski definition) is 1. The fraction of sp³-hybridized carbons (Fsp3) is 0.458. The van der Waals surface area contributed by atoms with Gasteiger partial charge in [0.25, 0.3) is 5.91 Å². The minimum atomic E-state index is -0.0311. The van der Waals surface area contributed by atoms with E-state index in [0.717, 1.165) is 36.5 Å². The number of fused-ring (bicyclic) bond motifs is 1. The summed E-state index contributed by atoms with van der Waals surface area (Å²) < 4.78 is 7.91. The van der Waals surface area contributed by atoms with Crippen LogP contribution in [0.5, 0.6) is 0 Å². The van der Waals surface area contributed by atoms with Crippen LogP contribution in [0.4, 0.5) is 0 Å². The van der Waals surface area contributed by atoms with E-state index in [1.54, 1.807) is 0 Å². The lowest BCUT2D eigenvalue weighted by atomic mass is 10.1. The first kappa shape index (κ1) is 19.8. The van der Waals surface area contributed by atoms with Crippen LogP contribution < -0.4 is 5.32 Å². The number of amides is 1. The third-order valence-electron chi connectivity index (χ3n) is 5.94. The van der Waals surface area contributed by atoms with Gasteiger partial charge in [0.05, 0.1) is 5.52 Å². The first-order valence-electron chi connectivity index (χ1n) is 10.7. The van der Waals surface area contributed by atoms with Gasteiger partial charge in [0.1, 0.15) is 11.5 Å². The van der Waals surface area contributed by atoms with Crippen molar-refractivity contribution in [2.24, 2.45) is 0 Å². The summed E-state index contributed by atoms with van der Waals surface area (Å²) in [6, 6.07) is 10.4. The van der Waals surface area contributed by atoms with Gasteiger partial charge < -0.3 is 19.2 Å². The van der Waals surface area contributed by atoms with Crippen LogP contribution in [0.25, 0.3) is 11.1 Å². The monoisotopic (exact) mass is 393 g/mol. The second-order valence-electron chi connectivity index (χ2n) is 8.31. The molecule has 0 unspecified atom stereocenters. The van der Waals surface area contributed by atoms with E-state index in [1.807, 2.05) is 19.1 Å². The summed E-state index contributed by atoms with van der Waals surface area (Å²) in [5.41, 5.74) is 6.10. The molecule has 5 heteroatoms. The van der Waals surface area contributed by atoms with Crippen molar-refractivity contribution in [3.8, 4) is 0 Å². The van der Waals surface area contributed by atoms with Crippen molar-refractivity contribution in [1.29, 1.82) is 0 Å². The standard InChI is InChI=1S/C24H31N3O2/c1-17-7-8-18(2)20(13-17)16-27-21-14-19(3)29-23(21)15-22(27)24(28)25-9-12-26-10-5-4-6-11-26/h7-8,13-15H,4-6,9-12,16H2,1-3H3,(H,25,28). The summed E-state index contributed by atoms with van der Waals surface area (Å²) in [5, 5.41) is 3.12. The van der Waals surface area contributed by atoms with Crippen molar-refractivity contribution >= 4 is 17.0 Å². The lowest BCUT2D eigenvalue weighted by molar-refractivity contribution is 0.0938. The van der Waals surface area contributed by atoms with Gasteiger partial charge >= 0.3 is 0 Å². The van der Waals surface area contributed by atoms with Crippen LogP contribution in [-0.4, -0.2) is 41.6 Å². The zero-order valence-corrected chi connectivity index (χ0v) is 17.8. The summed E-state index contributed by atoms with van der Waals surface area (Å²) in [6.07, 6.45) is 3.86. The Labute approximate surface area is 172 Å². The van der Waals surface area contributed by atoms with E-state index in [2.05, 4.69) is 46.8 Å². The van der Waals surface area contributed by atoms with E-state index in [0.29, 0.717) is 18.8 Å². The highest BCUT2D eigenvalue weighted by molar-refractivity contribution is 5.97. The van der Waals surface area contributed by atoms with Gasteiger partial charge in [-0.05, 0) is 57.8 Å². The first-order valence-corrected chi connectivity index (χ1v) is 10.7. The molecule has 29 heavy (non-hydrogen) atoms. The largest absolute Gasteiger partial charge is 0.460 e. The molecule has 1 aliphatic heterocycles. The van der Waals surface area contributed by atoms with E-state index in [-0.39, 0.29) is 5.91 Å². The molecule has 3 aromatic rings. The Morgan fingerprint density at radius 3 is 2.66 bits per heavy atom. The highest BCUT2D eigenvalue weighted by Gasteiger charge is 2.19. The van der Waals surface area contributed by atoms with E-state index in [1.165, 1.54) is 36.0 Å². The van der Waals surface area contributed by atoms with Gasteiger partial charge in [0, 0.05) is 31.8 Å². The van der Waals surface area contributed by atoms with Crippen LogP contribution in [0.1, 0.15) is 52.2 Å². The highest BCUT2D eigenvalue weighted by Crippen LogP contribution is 2.26. The molecule has 1 amide bonds. The average Bonchev–Trinajstić information content (AvgIpc) is 3.22. The molecule has 1 saturated heterocycles. The lowest BCUT2D eigenvalue weighted by Crippen LogP contribution is -2.38. The van der Waals surface area contributed by atoms with Crippen LogP contribution in [0, 0.1) is 20.8 Å². The van der Waals surface area contributed by atoms with Gasteiger partial charge in [-0.3, -0.25) is 4.79 Å². The van der Waals surface area contributed by atoms with Gasteiger partial charge in [-0.15, -0.1) is 0 Å². The molecule has 0 bridgehead atoms. The highest BCUT2D eigenvalue weighted by atomic mass is 16.3. The maximum atomic E-state index is 13.0. The number of benzene rings is 1. The van der Waals surface area contributed by atoms with Gasteiger partial charge in [-0.2, -0.15) is 0 Å². The van der Waals surface area contributed by atoms with Crippen molar-refractivity contribution in [3.63, 3.8) is 0 Å². The summed E-state index contributed by atoms with van der Waals surface area (Å²) in [7, 11) is 0. The number of likely N-dealkylation sites (tertiary alicyclic amines) is 1. The molecule has 1 aromatic carbocycles. The molecule has 0 atom stereocenters. The van der Waals surface area contributed by atoms with Crippen LogP contribution in [0.3, 0.4) is 0 Å². The van der Waals surface area contributed by atoms with E-state index in [4.69, 9.17) is 4.42 Å². The van der Waals surface area contributed by atoms with Crippen molar-refractivity contribution in [2.45, 2.75) is 46.6 Å². The van der Waals surface area contributed by atoms with Gasteiger partial charge in [-0.1, -0.05) is 30.2 Å². The molecule has 2 aromatic heterocycles. The summed E-state index contributed by atoms with van der Waals surface area (Å²) in [6.45, 7) is 10.7. The molecule has 154 valence electrons. The Morgan fingerprint density at radius 2 is 1.86 bits per heavy atom. The fourth-order valence-corrected chi connectivity index (χ4v) is 4.27. The zero-order valence-electron chi connectivity index (χ0n) is 17.8. The normalized spacial score (nSPS) is 15.1. The Kier molecular flexibility index (Phi) is 5.76. The maximum Gasteiger partial charge on any atom is 0.268 e. The van der Waals surface area contributed by atoms with Crippen molar-refractivity contribution < 1.29 is 9.21 Å². The number of nitrogens with zero attached hydrogens (tertiary/aromatic N) is 2. The quantitative estimate of drug-likeness (QED) is 0.674. The first-order chi connectivity index (χ1) is 14.0. The SMILES string of the molecule is Cc1ccc(C)c(Cn2c(C(=O)NCCN3CCCCC3)cc3oc(C)cc32)c1. The number of hydrogen-bond acceptors (Lipinski definition) is 3. The Hall–Kier alpha value is -2.53. The number of furan rings is 1. The van der Waals surface area contributed by atoms with Crippen molar-refractivity contribution in [1.82, 2.24) is 14.8 Å². The molecule has 0 aliphatic carbocycles. The van der Waals surface area contributed by atoms with Crippen molar-refractivity contribution in [3.05, 3.63) is 58.5 Å². The topological polar surface area (TPSA) is 50.4 Å². The summed E-state index contributed by atoms with van der Waals surface area (Å²) >= 11 is 0. The smallest absolute Gasteiger partial charge is 0.268 e. The third-order valence-corrected chi connectivity index (χ3v) is 5.94. The predicted octanol–water partition coefficient (Wildman–Crippen LogP) is 4.42. The molecule has 1 N–H and O–H groups in total. The Balaban J connectivity index is 1.55. The average molecular weight is 394 g/mol. The molecular formula is C24H31N3O2. The molecule has 4 rings (SSSR count). The lowest BCUT2D eigenvalue weighted by Gasteiger charge is -2.26. The van der Waals surface area contributed by atoms with E-state index >= 15 is 0 Å². The van der Waals surface area contributed by atoms with Gasteiger partial charge in [-0.25, -0.2) is 0 Å². The fourth-order valence-electron chi connectivity index (χ4n) is 4.27. The second-order valence-corrected chi connectivity index (χ2v) is 8.31. The molecule has 0 saturated carbocycles. The number of nitrogens with one attached hydrogen (secondary N) is 1. The minimum Gasteiger partial charge on any atom is -0.460 e. The molecule has 3 heterocycles. The number of rotatable bonds is 6. The second kappa shape index (κ2) is 8.46. The molecular weight excluding hydrogens is 362 g/mol. The molecule has 1 aliphatic rings. The molecule has 0 spiro atoms. The van der Waals surface area contributed by atoms with Crippen LogP contribution in [0.2, 0.25) is 0 Å². The van der Waals surface area contributed by atoms with E-state index in [9.17, 15) is 4.79 Å². The molecule has 1 fully saturated rings. The third kappa shape index (κ3) is 4.40. The van der Waals surface area contributed by atoms with Gasteiger partial charge in [0.2, 0.25) is 0 Å². The minimum absolute atomic E-state index is 0.0311. The summed E-state index contributed by atoms with van der Waals surface area (Å²) in [4.78, 5) is 15.4. The predicted molar refractivity (Wildman–Crippen MR) is 117 cm³/mol. The van der Waals surface area contributed by atoms with Crippen LogP contribution in [-0.2, 0) is 6.54 Å². The van der Waals surface area contributed by atoms with Crippen molar-refractivity contribution in [2.75, 3.05) is 26.2 Å². The van der Waals surface area contributed by atoms with E-state index < -0.39 is 0 Å².